The summed E-state index contributed by atoms with van der Waals surface area (Å²) in [6.45, 7) is 4.92. The zero-order chi connectivity index (χ0) is 23.7. The summed E-state index contributed by atoms with van der Waals surface area (Å²) in [5.41, 5.74) is 4.66. The second-order valence-electron chi connectivity index (χ2n) is 8.36. The fourth-order valence-corrected chi connectivity index (χ4v) is 4.07. The number of ether oxygens (including phenoxy) is 2. The lowest BCUT2D eigenvalue weighted by molar-refractivity contribution is 0.122. The van der Waals surface area contributed by atoms with Crippen LogP contribution in [0.3, 0.4) is 0 Å². The van der Waals surface area contributed by atoms with E-state index in [2.05, 4.69) is 29.3 Å². The predicted molar refractivity (Wildman–Crippen MR) is 135 cm³/mol. The molecule has 2 aromatic heterocycles. The maximum atomic E-state index is 5.58. The minimum absolute atomic E-state index is 0.601. The van der Waals surface area contributed by atoms with E-state index in [1.807, 2.05) is 60.0 Å². The first-order valence-electron chi connectivity index (χ1n) is 11.3. The van der Waals surface area contributed by atoms with Crippen LogP contribution >= 0.6 is 0 Å². The highest BCUT2D eigenvalue weighted by Crippen LogP contribution is 2.32. The SMILES string of the molecule is COc1ccc(N(C)c2nc(N3CCOCC3)c3nc(Nc4cccc(C)c4)n(C)c3n2)cc1. The van der Waals surface area contributed by atoms with Gasteiger partial charge in [-0.25, -0.2) is 4.98 Å². The highest BCUT2D eigenvalue weighted by molar-refractivity contribution is 5.88. The zero-order valence-corrected chi connectivity index (χ0v) is 19.9. The van der Waals surface area contributed by atoms with Crippen molar-refractivity contribution in [1.82, 2.24) is 19.5 Å². The molecule has 3 heterocycles. The van der Waals surface area contributed by atoms with Crippen LogP contribution < -0.4 is 19.9 Å². The summed E-state index contributed by atoms with van der Waals surface area (Å²) in [5, 5.41) is 3.44. The Labute approximate surface area is 199 Å². The molecule has 0 amide bonds. The first-order chi connectivity index (χ1) is 16.5. The van der Waals surface area contributed by atoms with Crippen molar-refractivity contribution in [3.05, 3.63) is 54.1 Å². The van der Waals surface area contributed by atoms with Crippen LogP contribution in [0.15, 0.2) is 48.5 Å². The molecule has 1 fully saturated rings. The van der Waals surface area contributed by atoms with Crippen molar-refractivity contribution in [2.45, 2.75) is 6.92 Å². The number of fused-ring (bicyclic) bond motifs is 1. The molecule has 1 saturated heterocycles. The molecule has 0 spiro atoms. The quantitative estimate of drug-likeness (QED) is 0.463. The van der Waals surface area contributed by atoms with Crippen molar-refractivity contribution in [2.24, 2.45) is 7.05 Å². The lowest BCUT2D eigenvalue weighted by Gasteiger charge is -2.28. The molecule has 0 unspecified atom stereocenters. The van der Waals surface area contributed by atoms with Gasteiger partial charge in [0.25, 0.3) is 0 Å². The Morgan fingerprint density at radius 2 is 1.79 bits per heavy atom. The van der Waals surface area contributed by atoms with Crippen molar-refractivity contribution in [1.29, 1.82) is 0 Å². The first-order valence-corrected chi connectivity index (χ1v) is 11.3. The van der Waals surface area contributed by atoms with Gasteiger partial charge in [-0.1, -0.05) is 12.1 Å². The monoisotopic (exact) mass is 459 g/mol. The second kappa shape index (κ2) is 9.18. The molecule has 34 heavy (non-hydrogen) atoms. The number of hydrogen-bond acceptors (Lipinski definition) is 8. The molecule has 2 aromatic carbocycles. The number of nitrogens with zero attached hydrogens (tertiary/aromatic N) is 6. The molecule has 5 rings (SSSR count). The summed E-state index contributed by atoms with van der Waals surface area (Å²) < 4.78 is 12.9. The van der Waals surface area contributed by atoms with Crippen molar-refractivity contribution in [2.75, 3.05) is 55.6 Å². The van der Waals surface area contributed by atoms with E-state index in [-0.39, 0.29) is 0 Å². The van der Waals surface area contributed by atoms with Gasteiger partial charge in [-0.2, -0.15) is 9.97 Å². The Morgan fingerprint density at radius 3 is 2.50 bits per heavy atom. The molecular formula is C25H29N7O2. The fourth-order valence-electron chi connectivity index (χ4n) is 4.07. The number of methoxy groups -OCH3 is 1. The van der Waals surface area contributed by atoms with Crippen molar-refractivity contribution >= 4 is 40.3 Å². The number of aromatic nitrogens is 4. The summed E-state index contributed by atoms with van der Waals surface area (Å²) in [4.78, 5) is 19.0. The maximum Gasteiger partial charge on any atom is 0.233 e. The van der Waals surface area contributed by atoms with Crippen LogP contribution in [0.25, 0.3) is 11.2 Å². The minimum atomic E-state index is 0.601. The molecule has 0 bridgehead atoms. The molecule has 0 aliphatic carbocycles. The van der Waals surface area contributed by atoms with E-state index in [0.717, 1.165) is 47.2 Å². The average Bonchev–Trinajstić information content (AvgIpc) is 3.18. The van der Waals surface area contributed by atoms with Gasteiger partial charge in [0.2, 0.25) is 11.9 Å². The fraction of sp³-hybridized carbons (Fsp3) is 0.320. The van der Waals surface area contributed by atoms with E-state index < -0.39 is 0 Å². The second-order valence-corrected chi connectivity index (χ2v) is 8.36. The number of aryl methyl sites for hydroxylation is 2. The molecule has 4 aromatic rings. The molecule has 9 heteroatoms. The van der Waals surface area contributed by atoms with Crippen LogP contribution in [0.2, 0.25) is 0 Å². The van der Waals surface area contributed by atoms with Crippen molar-refractivity contribution < 1.29 is 9.47 Å². The number of morpholine rings is 1. The van der Waals surface area contributed by atoms with Gasteiger partial charge in [-0.3, -0.25) is 4.57 Å². The lowest BCUT2D eigenvalue weighted by Crippen LogP contribution is -2.37. The Balaban J connectivity index is 1.59. The summed E-state index contributed by atoms with van der Waals surface area (Å²) >= 11 is 0. The summed E-state index contributed by atoms with van der Waals surface area (Å²) in [6.07, 6.45) is 0. The molecular weight excluding hydrogens is 430 g/mol. The molecule has 0 radical (unpaired) electrons. The van der Waals surface area contributed by atoms with Crippen LogP contribution in [-0.4, -0.2) is 60.0 Å². The van der Waals surface area contributed by atoms with Crippen LogP contribution in [0, 0.1) is 6.92 Å². The number of nitrogens with one attached hydrogen (secondary N) is 1. The van der Waals surface area contributed by atoms with Gasteiger partial charge in [-0.15, -0.1) is 0 Å². The van der Waals surface area contributed by atoms with E-state index in [4.69, 9.17) is 24.4 Å². The molecule has 1 aliphatic heterocycles. The summed E-state index contributed by atoms with van der Waals surface area (Å²) in [6, 6.07) is 16.1. The third-order valence-corrected chi connectivity index (χ3v) is 6.03. The van der Waals surface area contributed by atoms with Gasteiger partial charge < -0.3 is 24.6 Å². The molecule has 0 saturated carbocycles. The van der Waals surface area contributed by atoms with Crippen LogP contribution in [-0.2, 0) is 11.8 Å². The standard InChI is InChI=1S/C25H29N7O2/c1-17-6-5-7-18(16-17)26-24-27-21-22(31(24)3)28-25(29-23(21)32-12-14-34-15-13-32)30(2)19-8-10-20(33-4)11-9-19/h5-11,16H,12-15H2,1-4H3,(H,26,27). The molecule has 1 N–H and O–H groups in total. The normalized spacial score (nSPS) is 13.8. The van der Waals surface area contributed by atoms with Crippen LogP contribution in [0.5, 0.6) is 5.75 Å². The molecule has 9 nitrogen and oxygen atoms in total. The van der Waals surface area contributed by atoms with E-state index in [9.17, 15) is 0 Å². The predicted octanol–water partition coefficient (Wildman–Crippen LogP) is 4.03. The maximum absolute atomic E-state index is 5.58. The third-order valence-electron chi connectivity index (χ3n) is 6.03. The number of rotatable bonds is 6. The topological polar surface area (TPSA) is 80.6 Å². The molecule has 176 valence electrons. The third kappa shape index (κ3) is 4.22. The van der Waals surface area contributed by atoms with Crippen molar-refractivity contribution in [3.63, 3.8) is 0 Å². The highest BCUT2D eigenvalue weighted by atomic mass is 16.5. The Bertz CT molecular complexity index is 1300. The first kappa shape index (κ1) is 22.0. The Morgan fingerprint density at radius 1 is 1.03 bits per heavy atom. The van der Waals surface area contributed by atoms with Gasteiger partial charge in [0.15, 0.2) is 17.0 Å². The van der Waals surface area contributed by atoms with Gasteiger partial charge in [0.05, 0.1) is 20.3 Å². The number of hydrogen-bond donors (Lipinski definition) is 1. The number of imidazole rings is 1. The zero-order valence-electron chi connectivity index (χ0n) is 19.9. The van der Waals surface area contributed by atoms with Gasteiger partial charge in [-0.05, 0) is 48.9 Å². The Kier molecular flexibility index (Phi) is 5.93. The minimum Gasteiger partial charge on any atom is -0.497 e. The van der Waals surface area contributed by atoms with Crippen LogP contribution in [0.4, 0.5) is 29.1 Å². The average molecular weight is 460 g/mol. The highest BCUT2D eigenvalue weighted by Gasteiger charge is 2.23. The lowest BCUT2D eigenvalue weighted by atomic mass is 10.2. The van der Waals surface area contributed by atoms with Crippen LogP contribution in [0.1, 0.15) is 5.56 Å². The van der Waals surface area contributed by atoms with E-state index in [0.29, 0.717) is 25.1 Å². The number of anilines is 5. The largest absolute Gasteiger partial charge is 0.497 e. The van der Waals surface area contributed by atoms with Gasteiger partial charge >= 0.3 is 0 Å². The van der Waals surface area contributed by atoms with Crippen molar-refractivity contribution in [3.8, 4) is 5.75 Å². The molecule has 1 aliphatic rings. The van der Waals surface area contributed by atoms with E-state index >= 15 is 0 Å². The molecule has 0 atom stereocenters. The summed E-state index contributed by atoms with van der Waals surface area (Å²) in [7, 11) is 5.60. The summed E-state index contributed by atoms with van der Waals surface area (Å²) in [5.74, 6) is 2.94. The van der Waals surface area contributed by atoms with Gasteiger partial charge in [0.1, 0.15) is 5.75 Å². The van der Waals surface area contributed by atoms with E-state index in [1.165, 1.54) is 5.56 Å². The van der Waals surface area contributed by atoms with E-state index in [1.54, 1.807) is 7.11 Å². The smallest absolute Gasteiger partial charge is 0.233 e. The van der Waals surface area contributed by atoms with Gasteiger partial charge in [0, 0.05) is 38.6 Å². The number of benzene rings is 2. The Hall–Kier alpha value is -3.85.